The number of fused-ring (bicyclic) bond motifs is 2. The molecule has 2 aromatic rings. The summed E-state index contributed by atoms with van der Waals surface area (Å²) in [5.41, 5.74) is 9.07. The Morgan fingerprint density at radius 3 is 1.17 bits per heavy atom. The van der Waals surface area contributed by atoms with E-state index in [1.54, 1.807) is 0 Å². The maximum Gasteiger partial charge on any atom is 1.00 e. The summed E-state index contributed by atoms with van der Waals surface area (Å²) in [6.45, 7) is 26.7. The van der Waals surface area contributed by atoms with Gasteiger partial charge < -0.3 is 9.46 Å². The van der Waals surface area contributed by atoms with E-state index in [1.807, 2.05) is 0 Å². The van der Waals surface area contributed by atoms with Crippen molar-refractivity contribution in [1.82, 2.24) is 0 Å². The van der Waals surface area contributed by atoms with Gasteiger partial charge in [-0.1, -0.05) is 107 Å². The first-order chi connectivity index (χ1) is 15.1. The fourth-order valence-electron chi connectivity index (χ4n) is 5.10. The van der Waals surface area contributed by atoms with Crippen molar-refractivity contribution in [3.8, 4) is 0 Å². The van der Waals surface area contributed by atoms with Crippen LogP contribution < -0.4 is 34.5 Å². The number of rotatable bonds is 0. The molecule has 3 rings (SSSR count). The normalized spacial score (nSPS) is 16.5. The quantitative estimate of drug-likeness (QED) is 0.369. The Hall–Kier alpha value is -0.370. The Morgan fingerprint density at radius 1 is 0.600 bits per heavy atom. The first kappa shape index (κ1) is 30.9. The summed E-state index contributed by atoms with van der Waals surface area (Å²) in [5.74, 6) is 0. The monoisotopic (exact) mass is 504 g/mol. The predicted molar refractivity (Wildman–Crippen MR) is 146 cm³/mol. The third-order valence-corrected chi connectivity index (χ3v) is 8.81. The molecule has 0 saturated carbocycles. The van der Waals surface area contributed by atoms with E-state index in [0.717, 1.165) is 17.5 Å². The molecule has 0 radical (unpaired) electrons. The maximum atomic E-state index is 13.7. The molecule has 35 heavy (non-hydrogen) atoms. The molecule has 0 spiro atoms. The van der Waals surface area contributed by atoms with Crippen molar-refractivity contribution in [2.75, 3.05) is 0 Å². The Labute approximate surface area is 237 Å². The van der Waals surface area contributed by atoms with E-state index in [1.165, 1.54) is 33.4 Å². The first-order valence-electron chi connectivity index (χ1n) is 12.7. The van der Waals surface area contributed by atoms with Gasteiger partial charge in [0.15, 0.2) is 0 Å². The van der Waals surface area contributed by atoms with Gasteiger partial charge in [-0.2, -0.15) is 0 Å². The van der Waals surface area contributed by atoms with Crippen LogP contribution in [-0.4, -0.2) is 0 Å². The summed E-state index contributed by atoms with van der Waals surface area (Å²) in [7, 11) is -3.68. The van der Waals surface area contributed by atoms with Crippen LogP contribution in [0.1, 0.15) is 128 Å². The topological polar surface area (TPSA) is 40.1 Å². The molecule has 0 aromatic heterocycles. The SMILES string of the molecule is CC(C)(C)c1cc2c(c(C(C)(C)C)c1)CP(=O)([O-])Cc1c(cc(C(C)(C)C)cc1C(C)(C)C)C2.[Na+]. The van der Waals surface area contributed by atoms with Crippen LogP contribution in [-0.2, 0) is 45.0 Å². The molecule has 0 saturated heterocycles. The second-order valence-corrected chi connectivity index (χ2v) is 16.9. The standard InChI is InChI=1S/C31H47O2P.Na/c1-28(2,3)22-14-20-13-21-15-23(29(4,5)6)17-27(31(10,11)12)25(21)19-34(32,33)18-24(20)26(16-22)30(7,8)9;/h14-17H,13,18-19H2,1-12H3,(H,32,33);/q;+1/p-1. The molecule has 1 aliphatic heterocycles. The molecule has 0 bridgehead atoms. The number of hydrogen-bond acceptors (Lipinski definition) is 2. The Kier molecular flexibility index (Phi) is 8.59. The first-order valence-corrected chi connectivity index (χ1v) is 14.7. The summed E-state index contributed by atoms with van der Waals surface area (Å²) in [5, 5.41) is 0. The molecule has 1 aliphatic rings. The largest absolute Gasteiger partial charge is 1.00 e. The van der Waals surface area contributed by atoms with E-state index in [2.05, 4.69) is 107 Å². The Bertz CT molecular complexity index is 1060. The predicted octanol–water partition coefficient (Wildman–Crippen LogP) is 5.12. The smallest absolute Gasteiger partial charge is 0.799 e. The van der Waals surface area contributed by atoms with Gasteiger partial charge in [-0.25, -0.2) is 0 Å². The van der Waals surface area contributed by atoms with E-state index >= 15 is 0 Å². The van der Waals surface area contributed by atoms with Gasteiger partial charge in [0.05, 0.1) is 0 Å². The van der Waals surface area contributed by atoms with E-state index in [4.69, 9.17) is 0 Å². The second kappa shape index (κ2) is 9.74. The van der Waals surface area contributed by atoms with Gasteiger partial charge >= 0.3 is 29.6 Å². The molecule has 0 fully saturated rings. The molecule has 2 aromatic carbocycles. The third-order valence-electron chi connectivity index (χ3n) is 7.21. The zero-order valence-corrected chi connectivity index (χ0v) is 27.6. The van der Waals surface area contributed by atoms with Crippen molar-refractivity contribution in [2.24, 2.45) is 0 Å². The summed E-state index contributed by atoms with van der Waals surface area (Å²) in [6, 6.07) is 9.13. The fourth-order valence-corrected chi connectivity index (χ4v) is 6.92. The molecule has 0 amide bonds. The average molecular weight is 505 g/mol. The van der Waals surface area contributed by atoms with Crippen LogP contribution in [0.25, 0.3) is 0 Å². The summed E-state index contributed by atoms with van der Waals surface area (Å²) < 4.78 is 13.7. The minimum absolute atomic E-state index is 0. The number of hydrogen-bond donors (Lipinski definition) is 0. The average Bonchev–Trinajstić information content (AvgIpc) is 2.58. The minimum atomic E-state index is -3.68. The fraction of sp³-hybridized carbons (Fsp3) is 0.613. The summed E-state index contributed by atoms with van der Waals surface area (Å²) >= 11 is 0. The Balaban J connectivity index is 0.00000432. The molecule has 0 aliphatic carbocycles. The zero-order valence-electron chi connectivity index (χ0n) is 24.7. The molecule has 1 heterocycles. The van der Waals surface area contributed by atoms with Gasteiger partial charge in [0.25, 0.3) is 0 Å². The van der Waals surface area contributed by atoms with Gasteiger partial charge in [0.2, 0.25) is 0 Å². The van der Waals surface area contributed by atoms with Crippen molar-refractivity contribution >= 4 is 7.37 Å². The maximum absolute atomic E-state index is 13.7. The van der Waals surface area contributed by atoms with Gasteiger partial charge in [-0.05, 0) is 72.6 Å². The van der Waals surface area contributed by atoms with Crippen LogP contribution in [0.15, 0.2) is 24.3 Å². The van der Waals surface area contributed by atoms with Gasteiger partial charge in [-0.15, -0.1) is 0 Å². The van der Waals surface area contributed by atoms with Crippen LogP contribution in [0, 0.1) is 0 Å². The van der Waals surface area contributed by atoms with Crippen LogP contribution in [0.2, 0.25) is 0 Å². The molecule has 188 valence electrons. The van der Waals surface area contributed by atoms with Crippen LogP contribution >= 0.6 is 7.37 Å². The van der Waals surface area contributed by atoms with Crippen molar-refractivity contribution in [3.63, 3.8) is 0 Å². The van der Waals surface area contributed by atoms with Gasteiger partial charge in [0, 0.05) is 19.7 Å². The van der Waals surface area contributed by atoms with E-state index < -0.39 is 7.37 Å². The summed E-state index contributed by atoms with van der Waals surface area (Å²) in [4.78, 5) is 13.7. The van der Waals surface area contributed by atoms with Crippen LogP contribution in [0.3, 0.4) is 0 Å². The molecule has 0 N–H and O–H groups in total. The Morgan fingerprint density at radius 2 is 0.914 bits per heavy atom. The minimum Gasteiger partial charge on any atom is -0.799 e. The van der Waals surface area contributed by atoms with Gasteiger partial charge in [0.1, 0.15) is 0 Å². The molecular formula is C31H46NaO2P. The molecular weight excluding hydrogens is 458 g/mol. The molecule has 4 heteroatoms. The number of benzene rings is 2. The van der Waals surface area contributed by atoms with Crippen molar-refractivity contribution < 1.29 is 39.0 Å². The third kappa shape index (κ3) is 6.94. The molecule has 2 nitrogen and oxygen atoms in total. The molecule has 0 unspecified atom stereocenters. The van der Waals surface area contributed by atoms with Crippen molar-refractivity contribution in [1.29, 1.82) is 0 Å². The van der Waals surface area contributed by atoms with E-state index in [9.17, 15) is 9.46 Å². The molecule has 0 atom stereocenters. The second-order valence-electron chi connectivity index (χ2n) is 14.6. The van der Waals surface area contributed by atoms with Crippen molar-refractivity contribution in [2.45, 2.75) is 123 Å². The van der Waals surface area contributed by atoms with Crippen LogP contribution in [0.4, 0.5) is 0 Å². The van der Waals surface area contributed by atoms with E-state index in [-0.39, 0.29) is 63.5 Å². The van der Waals surface area contributed by atoms with Crippen LogP contribution in [0.5, 0.6) is 0 Å². The zero-order chi connectivity index (χ0) is 26.1. The summed E-state index contributed by atoms with van der Waals surface area (Å²) in [6.07, 6.45) is 1.07. The van der Waals surface area contributed by atoms with E-state index in [0.29, 0.717) is 0 Å². The van der Waals surface area contributed by atoms with Crippen molar-refractivity contribution in [3.05, 3.63) is 68.8 Å². The van der Waals surface area contributed by atoms with Gasteiger partial charge in [-0.3, -0.25) is 0 Å².